The lowest BCUT2D eigenvalue weighted by Crippen LogP contribution is -2.31. The Bertz CT molecular complexity index is 703. The molecule has 0 fully saturated rings. The molecule has 1 aromatic carbocycles. The van der Waals surface area contributed by atoms with Gasteiger partial charge >= 0.3 is 0 Å². The minimum atomic E-state index is -0.157. The smallest absolute Gasteiger partial charge is 0.130 e. The van der Waals surface area contributed by atoms with E-state index in [-0.39, 0.29) is 5.82 Å². The molecule has 0 aliphatic carbocycles. The molecule has 1 aromatic heterocycles. The van der Waals surface area contributed by atoms with Crippen LogP contribution < -0.4 is 10.6 Å². The molecule has 0 amide bonds. The van der Waals surface area contributed by atoms with Crippen LogP contribution in [0.1, 0.15) is 23.6 Å². The Morgan fingerprint density at radius 3 is 2.91 bits per heavy atom. The number of fused-ring (bicyclic) bond motifs is 1. The van der Waals surface area contributed by atoms with Crippen molar-refractivity contribution in [3.05, 3.63) is 46.8 Å². The molecular weight excluding hydrogens is 297 g/mol. The number of nitrogens with zero attached hydrogens (tertiary/aromatic N) is 2. The van der Waals surface area contributed by atoms with Gasteiger partial charge in [-0.1, -0.05) is 13.0 Å². The van der Waals surface area contributed by atoms with Gasteiger partial charge in [0.25, 0.3) is 0 Å². The normalized spacial score (nSPS) is 14.0. The van der Waals surface area contributed by atoms with Crippen molar-refractivity contribution < 1.29 is 4.39 Å². The zero-order valence-corrected chi connectivity index (χ0v) is 13.7. The van der Waals surface area contributed by atoms with Crippen molar-refractivity contribution in [1.29, 1.82) is 0 Å². The highest BCUT2D eigenvalue weighted by molar-refractivity contribution is 7.99. The van der Waals surface area contributed by atoms with Gasteiger partial charge in [0, 0.05) is 13.1 Å². The van der Waals surface area contributed by atoms with Crippen molar-refractivity contribution in [2.75, 3.05) is 22.9 Å². The predicted octanol–water partition coefficient (Wildman–Crippen LogP) is 3.79. The summed E-state index contributed by atoms with van der Waals surface area (Å²) >= 11 is 1.67. The van der Waals surface area contributed by atoms with Gasteiger partial charge in [0.2, 0.25) is 0 Å². The lowest BCUT2D eigenvalue weighted by atomic mass is 9.99. The maximum atomic E-state index is 13.3. The Balaban J connectivity index is 1.91. The zero-order valence-electron chi connectivity index (χ0n) is 12.9. The van der Waals surface area contributed by atoms with Crippen LogP contribution in [0.3, 0.4) is 0 Å². The van der Waals surface area contributed by atoms with Crippen LogP contribution in [0.4, 0.5) is 15.9 Å². The van der Waals surface area contributed by atoms with Gasteiger partial charge in [-0.25, -0.2) is 9.37 Å². The topological polar surface area (TPSA) is 42.2 Å². The van der Waals surface area contributed by atoms with E-state index in [4.69, 9.17) is 10.7 Å². The Hall–Kier alpha value is -1.75. The molecule has 0 radical (unpaired) electrons. The second-order valence-corrected chi connectivity index (χ2v) is 6.79. The lowest BCUT2D eigenvalue weighted by molar-refractivity contribution is 0.618. The number of aryl methyl sites for hydroxylation is 1. The van der Waals surface area contributed by atoms with E-state index in [1.165, 1.54) is 11.6 Å². The van der Waals surface area contributed by atoms with Crippen molar-refractivity contribution in [3.8, 4) is 0 Å². The van der Waals surface area contributed by atoms with Crippen LogP contribution in [-0.4, -0.2) is 17.3 Å². The highest BCUT2D eigenvalue weighted by Crippen LogP contribution is 2.31. The lowest BCUT2D eigenvalue weighted by Gasteiger charge is -2.30. The summed E-state index contributed by atoms with van der Waals surface area (Å²) in [6.45, 7) is 5.73. The molecule has 3 nitrogen and oxygen atoms in total. The van der Waals surface area contributed by atoms with E-state index in [9.17, 15) is 4.39 Å². The van der Waals surface area contributed by atoms with E-state index in [2.05, 4.69) is 11.8 Å². The summed E-state index contributed by atoms with van der Waals surface area (Å²) in [5.41, 5.74) is 10.2. The summed E-state index contributed by atoms with van der Waals surface area (Å²) in [6.07, 6.45) is 0.842. The van der Waals surface area contributed by atoms with Crippen LogP contribution in [0.2, 0.25) is 0 Å². The first-order valence-electron chi connectivity index (χ1n) is 7.50. The molecule has 0 saturated heterocycles. The number of hydrogen-bond acceptors (Lipinski definition) is 4. The number of halogens is 1. The average Bonchev–Trinajstić information content (AvgIpc) is 2.51. The van der Waals surface area contributed by atoms with Gasteiger partial charge in [-0.15, -0.1) is 11.8 Å². The third-order valence-electron chi connectivity index (χ3n) is 4.00. The van der Waals surface area contributed by atoms with Crippen LogP contribution in [-0.2, 0) is 13.0 Å². The molecule has 3 rings (SSSR count). The summed E-state index contributed by atoms with van der Waals surface area (Å²) in [5, 5.41) is 0.905. The second-order valence-electron chi connectivity index (χ2n) is 5.53. The number of nitrogens with two attached hydrogens (primary N) is 1. The molecule has 0 spiro atoms. The third-order valence-corrected chi connectivity index (χ3v) is 4.88. The SMILES string of the molecule is CCSc1nc(N2CCc3cc(F)ccc3C2)cc(C)c1N. The summed E-state index contributed by atoms with van der Waals surface area (Å²) in [6, 6.07) is 7.10. The van der Waals surface area contributed by atoms with Crippen LogP contribution in [0.15, 0.2) is 29.3 Å². The van der Waals surface area contributed by atoms with E-state index >= 15 is 0 Å². The standard InChI is InChI=1S/C17H20FN3S/c1-3-22-17-16(19)11(2)8-15(20-17)21-7-6-12-9-14(18)5-4-13(12)10-21/h4-5,8-9H,3,6-7,10,19H2,1-2H3. The van der Waals surface area contributed by atoms with Gasteiger partial charge in [-0.2, -0.15) is 0 Å². The van der Waals surface area contributed by atoms with Gasteiger partial charge in [-0.3, -0.25) is 0 Å². The molecule has 0 atom stereocenters. The number of pyridine rings is 1. The molecule has 2 aromatic rings. The molecule has 22 heavy (non-hydrogen) atoms. The highest BCUT2D eigenvalue weighted by atomic mass is 32.2. The van der Waals surface area contributed by atoms with E-state index in [0.29, 0.717) is 0 Å². The van der Waals surface area contributed by atoms with E-state index in [1.807, 2.05) is 19.1 Å². The number of benzene rings is 1. The fourth-order valence-corrected chi connectivity index (χ4v) is 3.51. The average molecular weight is 317 g/mol. The van der Waals surface area contributed by atoms with Crippen molar-refractivity contribution in [1.82, 2.24) is 4.98 Å². The number of nitrogen functional groups attached to an aromatic ring is 1. The summed E-state index contributed by atoms with van der Waals surface area (Å²) in [7, 11) is 0. The quantitative estimate of drug-likeness (QED) is 0.875. The fourth-order valence-electron chi connectivity index (χ4n) is 2.76. The van der Waals surface area contributed by atoms with Crippen LogP contribution in [0.5, 0.6) is 0 Å². The summed E-state index contributed by atoms with van der Waals surface area (Å²) < 4.78 is 13.3. The first kappa shape index (κ1) is 15.2. The Morgan fingerprint density at radius 2 is 2.14 bits per heavy atom. The molecule has 2 N–H and O–H groups in total. The van der Waals surface area contributed by atoms with Crippen molar-refractivity contribution in [2.24, 2.45) is 0 Å². The number of aromatic nitrogens is 1. The van der Waals surface area contributed by atoms with E-state index in [1.54, 1.807) is 17.8 Å². The second kappa shape index (κ2) is 6.16. The van der Waals surface area contributed by atoms with Crippen molar-refractivity contribution in [2.45, 2.75) is 31.8 Å². The van der Waals surface area contributed by atoms with Gasteiger partial charge in [0.15, 0.2) is 0 Å². The van der Waals surface area contributed by atoms with E-state index < -0.39 is 0 Å². The Labute approximate surface area is 134 Å². The number of thioether (sulfide) groups is 1. The highest BCUT2D eigenvalue weighted by Gasteiger charge is 2.19. The molecule has 0 unspecified atom stereocenters. The molecule has 1 aliphatic heterocycles. The minimum Gasteiger partial charge on any atom is -0.396 e. The summed E-state index contributed by atoms with van der Waals surface area (Å²) in [4.78, 5) is 6.97. The van der Waals surface area contributed by atoms with E-state index in [0.717, 1.165) is 52.9 Å². The van der Waals surface area contributed by atoms with Crippen molar-refractivity contribution in [3.63, 3.8) is 0 Å². The first-order chi connectivity index (χ1) is 10.6. The van der Waals surface area contributed by atoms with Gasteiger partial charge in [-0.05, 0) is 54.0 Å². The monoisotopic (exact) mass is 317 g/mol. The van der Waals surface area contributed by atoms with Crippen molar-refractivity contribution >= 4 is 23.3 Å². The van der Waals surface area contributed by atoms with Crippen LogP contribution in [0.25, 0.3) is 0 Å². The maximum absolute atomic E-state index is 13.3. The number of rotatable bonds is 3. The molecule has 2 heterocycles. The zero-order chi connectivity index (χ0) is 15.7. The fraction of sp³-hybridized carbons (Fsp3) is 0.353. The Morgan fingerprint density at radius 1 is 1.32 bits per heavy atom. The number of hydrogen-bond donors (Lipinski definition) is 1. The molecule has 1 aliphatic rings. The molecule has 5 heteroatoms. The third kappa shape index (κ3) is 2.90. The van der Waals surface area contributed by atoms with Gasteiger partial charge in [0.05, 0.1) is 5.69 Å². The van der Waals surface area contributed by atoms with Crippen LogP contribution >= 0.6 is 11.8 Å². The Kier molecular flexibility index (Phi) is 4.25. The largest absolute Gasteiger partial charge is 0.396 e. The van der Waals surface area contributed by atoms with Gasteiger partial charge in [0.1, 0.15) is 16.7 Å². The first-order valence-corrected chi connectivity index (χ1v) is 8.49. The predicted molar refractivity (Wildman–Crippen MR) is 90.9 cm³/mol. The summed E-state index contributed by atoms with van der Waals surface area (Å²) in [5.74, 6) is 1.75. The molecule has 116 valence electrons. The molecule has 0 saturated carbocycles. The minimum absolute atomic E-state index is 0.157. The van der Waals surface area contributed by atoms with Crippen LogP contribution in [0, 0.1) is 12.7 Å². The van der Waals surface area contributed by atoms with Gasteiger partial charge < -0.3 is 10.6 Å². The molecule has 0 bridgehead atoms. The maximum Gasteiger partial charge on any atom is 0.130 e. The number of anilines is 2. The molecular formula is C17H20FN3S.